The standard InChI is InChI=1S/C16H16F2N2/c17-14-8-4-5-9-15(14)20-11-10-19-12-16(20,18)13-6-2-1-3-7-13/h1-9,19H,10-12H2. The molecule has 0 bridgehead atoms. The lowest BCUT2D eigenvalue weighted by Gasteiger charge is -2.43. The van der Waals surface area contributed by atoms with Crippen LogP contribution in [-0.4, -0.2) is 19.6 Å². The molecule has 0 radical (unpaired) electrons. The van der Waals surface area contributed by atoms with E-state index in [0.717, 1.165) is 0 Å². The van der Waals surface area contributed by atoms with E-state index in [1.54, 1.807) is 42.5 Å². The zero-order valence-corrected chi connectivity index (χ0v) is 11.0. The predicted molar refractivity (Wildman–Crippen MR) is 75.8 cm³/mol. The van der Waals surface area contributed by atoms with Crippen molar-refractivity contribution in [2.24, 2.45) is 0 Å². The van der Waals surface area contributed by atoms with Crippen molar-refractivity contribution >= 4 is 5.69 Å². The monoisotopic (exact) mass is 274 g/mol. The molecular weight excluding hydrogens is 258 g/mol. The molecule has 2 aromatic rings. The van der Waals surface area contributed by atoms with E-state index in [2.05, 4.69) is 5.32 Å². The van der Waals surface area contributed by atoms with Crippen LogP contribution in [0.5, 0.6) is 0 Å². The second-order valence-corrected chi connectivity index (χ2v) is 4.91. The van der Waals surface area contributed by atoms with Gasteiger partial charge in [-0.05, 0) is 12.1 Å². The van der Waals surface area contributed by atoms with E-state index in [9.17, 15) is 4.39 Å². The average Bonchev–Trinajstić information content (AvgIpc) is 2.50. The molecule has 1 N–H and O–H groups in total. The third-order valence-electron chi connectivity index (χ3n) is 3.66. The first-order valence-corrected chi connectivity index (χ1v) is 6.69. The number of alkyl halides is 1. The Hall–Kier alpha value is -1.94. The molecule has 0 aromatic heterocycles. The first-order chi connectivity index (χ1) is 9.72. The number of nitrogens with zero attached hydrogens (tertiary/aromatic N) is 1. The van der Waals surface area contributed by atoms with Crippen molar-refractivity contribution in [2.45, 2.75) is 5.79 Å². The van der Waals surface area contributed by atoms with Gasteiger partial charge < -0.3 is 10.2 Å². The lowest BCUT2D eigenvalue weighted by Crippen LogP contribution is -2.57. The molecule has 104 valence electrons. The smallest absolute Gasteiger partial charge is 0.221 e. The number of halogens is 2. The quantitative estimate of drug-likeness (QED) is 0.847. The molecule has 1 fully saturated rings. The summed E-state index contributed by atoms with van der Waals surface area (Å²) in [4.78, 5) is 1.51. The van der Waals surface area contributed by atoms with Crippen molar-refractivity contribution in [1.82, 2.24) is 5.32 Å². The Kier molecular flexibility index (Phi) is 3.40. The summed E-state index contributed by atoms with van der Waals surface area (Å²) in [5.74, 6) is -2.13. The van der Waals surface area contributed by atoms with Crippen LogP contribution in [0.2, 0.25) is 0 Å². The Bertz CT molecular complexity index is 588. The molecule has 1 heterocycles. The van der Waals surface area contributed by atoms with Gasteiger partial charge in [0.15, 0.2) is 0 Å². The van der Waals surface area contributed by atoms with E-state index in [4.69, 9.17) is 0 Å². The van der Waals surface area contributed by atoms with Crippen LogP contribution >= 0.6 is 0 Å². The van der Waals surface area contributed by atoms with Crippen molar-refractivity contribution < 1.29 is 8.78 Å². The van der Waals surface area contributed by atoms with Crippen LogP contribution in [0.3, 0.4) is 0 Å². The van der Waals surface area contributed by atoms with Crippen molar-refractivity contribution in [3.63, 3.8) is 0 Å². The van der Waals surface area contributed by atoms with Gasteiger partial charge in [0.2, 0.25) is 5.79 Å². The second-order valence-electron chi connectivity index (χ2n) is 4.91. The molecule has 1 unspecified atom stereocenters. The van der Waals surface area contributed by atoms with Crippen molar-refractivity contribution in [3.8, 4) is 0 Å². The number of hydrogen-bond acceptors (Lipinski definition) is 2. The molecular formula is C16H16F2N2. The topological polar surface area (TPSA) is 15.3 Å². The van der Waals surface area contributed by atoms with E-state index >= 15 is 4.39 Å². The van der Waals surface area contributed by atoms with Gasteiger partial charge in [-0.2, -0.15) is 0 Å². The molecule has 20 heavy (non-hydrogen) atoms. The molecule has 3 rings (SSSR count). The highest BCUT2D eigenvalue weighted by molar-refractivity contribution is 5.52. The second kappa shape index (κ2) is 5.21. The molecule has 1 atom stereocenters. The summed E-state index contributed by atoms with van der Waals surface area (Å²) in [6, 6.07) is 15.2. The minimum Gasteiger partial charge on any atom is -0.331 e. The van der Waals surface area contributed by atoms with Gasteiger partial charge in [-0.3, -0.25) is 0 Å². The van der Waals surface area contributed by atoms with Crippen molar-refractivity contribution in [3.05, 3.63) is 66.0 Å². The Morgan fingerprint density at radius 1 is 1.00 bits per heavy atom. The summed E-state index contributed by atoms with van der Waals surface area (Å²) in [6.07, 6.45) is 0. The highest BCUT2D eigenvalue weighted by Crippen LogP contribution is 2.36. The van der Waals surface area contributed by atoms with Gasteiger partial charge in [0.25, 0.3) is 0 Å². The van der Waals surface area contributed by atoms with Gasteiger partial charge >= 0.3 is 0 Å². The normalized spacial score (nSPS) is 22.8. The fourth-order valence-corrected chi connectivity index (χ4v) is 2.65. The number of anilines is 1. The molecule has 0 aliphatic carbocycles. The van der Waals surface area contributed by atoms with Crippen LogP contribution in [0, 0.1) is 5.82 Å². The molecule has 1 aliphatic heterocycles. The largest absolute Gasteiger partial charge is 0.331 e. The maximum Gasteiger partial charge on any atom is 0.221 e. The molecule has 0 amide bonds. The number of rotatable bonds is 2. The average molecular weight is 274 g/mol. The Balaban J connectivity index is 2.06. The maximum atomic E-state index is 15.5. The van der Waals surface area contributed by atoms with Gasteiger partial charge in [0, 0.05) is 18.7 Å². The summed E-state index contributed by atoms with van der Waals surface area (Å²) in [5, 5.41) is 3.05. The Morgan fingerprint density at radius 2 is 1.70 bits per heavy atom. The highest BCUT2D eigenvalue weighted by Gasteiger charge is 2.41. The number of nitrogens with one attached hydrogen (secondary N) is 1. The van der Waals surface area contributed by atoms with Crippen LogP contribution in [0.15, 0.2) is 54.6 Å². The Morgan fingerprint density at radius 3 is 2.45 bits per heavy atom. The molecule has 1 aliphatic rings. The van der Waals surface area contributed by atoms with Gasteiger partial charge in [0.05, 0.1) is 12.2 Å². The summed E-state index contributed by atoms with van der Waals surface area (Å²) in [6.45, 7) is 1.20. The first-order valence-electron chi connectivity index (χ1n) is 6.69. The van der Waals surface area contributed by atoms with Crippen molar-refractivity contribution in [1.29, 1.82) is 0 Å². The van der Waals surface area contributed by atoms with E-state index in [-0.39, 0.29) is 6.54 Å². The summed E-state index contributed by atoms with van der Waals surface area (Å²) in [5.41, 5.74) is 0.843. The van der Waals surface area contributed by atoms with Gasteiger partial charge in [0.1, 0.15) is 5.82 Å². The predicted octanol–water partition coefficient (Wildman–Crippen LogP) is 3.06. The van der Waals surface area contributed by atoms with Crippen LogP contribution < -0.4 is 10.2 Å². The van der Waals surface area contributed by atoms with Gasteiger partial charge in [-0.15, -0.1) is 0 Å². The fraction of sp³-hybridized carbons (Fsp3) is 0.250. The van der Waals surface area contributed by atoms with Crippen LogP contribution in [0.1, 0.15) is 5.56 Å². The third kappa shape index (κ3) is 2.16. The third-order valence-corrected chi connectivity index (χ3v) is 3.66. The minimum absolute atomic E-state index is 0.144. The van der Waals surface area contributed by atoms with Crippen LogP contribution in [-0.2, 0) is 5.79 Å². The molecule has 0 spiro atoms. The van der Waals surface area contributed by atoms with E-state index < -0.39 is 11.6 Å². The van der Waals surface area contributed by atoms with Crippen LogP contribution in [0.4, 0.5) is 14.5 Å². The zero-order valence-electron chi connectivity index (χ0n) is 11.0. The Labute approximate surface area is 117 Å². The van der Waals surface area contributed by atoms with E-state index in [1.807, 2.05) is 6.07 Å². The summed E-state index contributed by atoms with van der Waals surface area (Å²) >= 11 is 0. The number of benzene rings is 2. The summed E-state index contributed by atoms with van der Waals surface area (Å²) < 4.78 is 29.5. The van der Waals surface area contributed by atoms with Gasteiger partial charge in [-0.25, -0.2) is 8.78 Å². The van der Waals surface area contributed by atoms with Gasteiger partial charge in [-0.1, -0.05) is 42.5 Å². The molecule has 1 saturated heterocycles. The van der Waals surface area contributed by atoms with Crippen molar-refractivity contribution in [2.75, 3.05) is 24.5 Å². The van der Waals surface area contributed by atoms with E-state index in [1.165, 1.54) is 11.0 Å². The first kappa shape index (κ1) is 13.1. The molecule has 4 heteroatoms. The zero-order chi connectivity index (χ0) is 14.0. The fourth-order valence-electron chi connectivity index (χ4n) is 2.65. The molecule has 2 nitrogen and oxygen atoms in total. The SMILES string of the molecule is Fc1ccccc1N1CCNCC1(F)c1ccccc1. The molecule has 0 saturated carbocycles. The van der Waals surface area contributed by atoms with Crippen LogP contribution in [0.25, 0.3) is 0 Å². The molecule has 2 aromatic carbocycles. The summed E-state index contributed by atoms with van der Waals surface area (Å²) in [7, 11) is 0. The van der Waals surface area contributed by atoms with E-state index in [0.29, 0.717) is 24.3 Å². The maximum absolute atomic E-state index is 15.5. The lowest BCUT2D eigenvalue weighted by atomic mass is 9.99. The number of para-hydroxylation sites is 1. The lowest BCUT2D eigenvalue weighted by molar-refractivity contribution is 0.133. The minimum atomic E-state index is -1.73. The number of hydrogen-bond donors (Lipinski definition) is 1. The highest BCUT2D eigenvalue weighted by atomic mass is 19.1. The number of piperazine rings is 1.